The van der Waals surface area contributed by atoms with Crippen LogP contribution in [0, 0.1) is 13.8 Å². The molecule has 0 spiro atoms. The minimum Gasteiger partial charge on any atom is -0.199 e. The van der Waals surface area contributed by atoms with E-state index in [1.54, 1.807) is 0 Å². The normalized spacial score (nSPS) is 8.42. The number of rotatable bonds is 2. The molecule has 0 aliphatic carbocycles. The number of benzene rings is 2. The van der Waals surface area contributed by atoms with Gasteiger partial charge in [0.25, 0.3) is 0 Å². The molecule has 0 N–H and O–H groups in total. The molecule has 0 radical (unpaired) electrons. The standard InChI is InChI=1S/2C9H9.Zn/c2*1-3-9-6-4-8(2)5-7-9;/h2*3-7H,1-2H2;/q2*-1;+2. The molecule has 0 bridgehead atoms. The van der Waals surface area contributed by atoms with Gasteiger partial charge in [0, 0.05) is 0 Å². The topological polar surface area (TPSA) is 0 Å². The molecule has 0 unspecified atom stereocenters. The third-order valence-electron chi connectivity index (χ3n) is 2.43. The Bertz CT molecular complexity index is 443. The molecule has 0 fully saturated rings. The fourth-order valence-electron chi connectivity index (χ4n) is 1.31. The molecule has 19 heavy (non-hydrogen) atoms. The number of hydrogen-bond acceptors (Lipinski definition) is 0. The van der Waals surface area contributed by atoms with Crippen molar-refractivity contribution in [2.75, 3.05) is 0 Å². The Morgan fingerprint density at radius 1 is 0.632 bits per heavy atom. The van der Waals surface area contributed by atoms with Gasteiger partial charge in [0.1, 0.15) is 0 Å². The van der Waals surface area contributed by atoms with Gasteiger partial charge in [-0.1, -0.05) is 36.4 Å². The van der Waals surface area contributed by atoms with Crippen LogP contribution in [0.15, 0.2) is 61.7 Å². The summed E-state index contributed by atoms with van der Waals surface area (Å²) in [4.78, 5) is 0. The van der Waals surface area contributed by atoms with Gasteiger partial charge in [-0.05, 0) is 0 Å². The van der Waals surface area contributed by atoms with E-state index >= 15 is 0 Å². The first-order valence-electron chi connectivity index (χ1n) is 5.74. The minimum absolute atomic E-state index is 0. The van der Waals surface area contributed by atoms with Crippen molar-refractivity contribution in [1.82, 2.24) is 0 Å². The molecule has 0 heterocycles. The summed E-state index contributed by atoms with van der Waals surface area (Å²) in [6, 6.07) is 15.9. The van der Waals surface area contributed by atoms with Crippen molar-refractivity contribution in [1.29, 1.82) is 0 Å². The predicted octanol–water partition coefficient (Wildman–Crippen LogP) is 5.02. The summed E-state index contributed by atoms with van der Waals surface area (Å²) in [5.74, 6) is 0. The second kappa shape index (κ2) is 9.24. The predicted molar refractivity (Wildman–Crippen MR) is 82.0 cm³/mol. The molecule has 2 aromatic carbocycles. The monoisotopic (exact) mass is 298 g/mol. The Kier molecular flexibility index (Phi) is 8.41. The first-order valence-corrected chi connectivity index (χ1v) is 5.74. The quantitative estimate of drug-likeness (QED) is 0.539. The molecule has 2 rings (SSSR count). The van der Waals surface area contributed by atoms with Gasteiger partial charge in [-0.15, -0.1) is 24.3 Å². The van der Waals surface area contributed by atoms with Crippen molar-refractivity contribution >= 4 is 12.2 Å². The number of hydrogen-bond donors (Lipinski definition) is 0. The van der Waals surface area contributed by atoms with E-state index in [2.05, 4.69) is 27.0 Å². The molecule has 0 saturated heterocycles. The summed E-state index contributed by atoms with van der Waals surface area (Å²) in [6.07, 6.45) is 3.64. The summed E-state index contributed by atoms with van der Waals surface area (Å²) in [5.41, 5.74) is 4.37. The van der Waals surface area contributed by atoms with Crippen LogP contribution in [0.2, 0.25) is 0 Å². The van der Waals surface area contributed by atoms with Crippen LogP contribution in [-0.4, -0.2) is 0 Å². The van der Waals surface area contributed by atoms with Crippen LogP contribution in [0.4, 0.5) is 0 Å². The van der Waals surface area contributed by atoms with Gasteiger partial charge in [0.2, 0.25) is 0 Å². The maximum atomic E-state index is 3.76. The van der Waals surface area contributed by atoms with Gasteiger partial charge in [-0.3, -0.25) is 0 Å². The fraction of sp³-hybridized carbons (Fsp3) is 0. The van der Waals surface area contributed by atoms with E-state index in [4.69, 9.17) is 0 Å². The summed E-state index contributed by atoms with van der Waals surface area (Å²) >= 11 is 0. The first-order chi connectivity index (χ1) is 8.65. The summed E-state index contributed by atoms with van der Waals surface area (Å²) in [6.45, 7) is 14.8. The second-order valence-corrected chi connectivity index (χ2v) is 3.89. The molecule has 0 amide bonds. The Hall–Kier alpha value is -1.72. The largest absolute Gasteiger partial charge is 2.00 e. The van der Waals surface area contributed by atoms with Crippen LogP contribution in [-0.2, 0) is 19.5 Å². The van der Waals surface area contributed by atoms with Gasteiger partial charge in [0.05, 0.1) is 0 Å². The molecule has 0 aliphatic rings. The van der Waals surface area contributed by atoms with Crippen LogP contribution in [0.5, 0.6) is 0 Å². The van der Waals surface area contributed by atoms with Crippen molar-refractivity contribution in [3.8, 4) is 0 Å². The van der Waals surface area contributed by atoms with Gasteiger partial charge in [-0.2, -0.15) is 49.2 Å². The fourth-order valence-corrected chi connectivity index (χ4v) is 1.31. The molecule has 0 aromatic heterocycles. The van der Waals surface area contributed by atoms with Crippen LogP contribution in [0.25, 0.3) is 12.2 Å². The summed E-state index contributed by atoms with van der Waals surface area (Å²) in [5, 5.41) is 0. The van der Waals surface area contributed by atoms with Gasteiger partial charge in [0.15, 0.2) is 0 Å². The Morgan fingerprint density at radius 3 is 1.11 bits per heavy atom. The van der Waals surface area contributed by atoms with Crippen LogP contribution in [0.3, 0.4) is 0 Å². The molecular formula is C18H18Zn. The van der Waals surface area contributed by atoms with E-state index in [9.17, 15) is 0 Å². The molecule has 0 nitrogen and oxygen atoms in total. The molecule has 1 heteroatoms. The van der Waals surface area contributed by atoms with Gasteiger partial charge in [-0.25, -0.2) is 0 Å². The van der Waals surface area contributed by atoms with E-state index in [1.807, 2.05) is 60.7 Å². The van der Waals surface area contributed by atoms with E-state index in [1.165, 1.54) is 0 Å². The van der Waals surface area contributed by atoms with Crippen molar-refractivity contribution in [3.63, 3.8) is 0 Å². The van der Waals surface area contributed by atoms with E-state index in [0.29, 0.717) is 0 Å². The average molecular weight is 300 g/mol. The third kappa shape index (κ3) is 6.69. The minimum atomic E-state index is 0. The first kappa shape index (κ1) is 17.3. The Labute approximate surface area is 129 Å². The summed E-state index contributed by atoms with van der Waals surface area (Å²) in [7, 11) is 0. The van der Waals surface area contributed by atoms with Gasteiger partial charge >= 0.3 is 19.5 Å². The molecule has 0 atom stereocenters. The zero-order valence-electron chi connectivity index (χ0n) is 11.3. The van der Waals surface area contributed by atoms with Crippen LogP contribution >= 0.6 is 0 Å². The van der Waals surface area contributed by atoms with Crippen molar-refractivity contribution in [3.05, 3.63) is 97.8 Å². The zero-order valence-corrected chi connectivity index (χ0v) is 14.3. The molecule has 2 aromatic rings. The van der Waals surface area contributed by atoms with Crippen molar-refractivity contribution < 1.29 is 19.5 Å². The van der Waals surface area contributed by atoms with Crippen LogP contribution in [0.1, 0.15) is 22.3 Å². The third-order valence-corrected chi connectivity index (χ3v) is 2.43. The van der Waals surface area contributed by atoms with E-state index in [0.717, 1.165) is 22.3 Å². The molecular weight excluding hydrogens is 282 g/mol. The van der Waals surface area contributed by atoms with Crippen LogP contribution < -0.4 is 0 Å². The second-order valence-electron chi connectivity index (χ2n) is 3.89. The SMILES string of the molecule is C=Cc1ccc([CH2-])cc1.C=Cc1ccc([CH2-])cc1.[Zn+2]. The average Bonchev–Trinajstić information content (AvgIpc) is 2.41. The van der Waals surface area contributed by atoms with Crippen molar-refractivity contribution in [2.45, 2.75) is 0 Å². The van der Waals surface area contributed by atoms with Gasteiger partial charge < -0.3 is 0 Å². The zero-order chi connectivity index (χ0) is 13.4. The van der Waals surface area contributed by atoms with E-state index in [-0.39, 0.29) is 19.5 Å². The Balaban J connectivity index is 0.000000324. The Morgan fingerprint density at radius 2 is 0.895 bits per heavy atom. The summed E-state index contributed by atoms with van der Waals surface area (Å²) < 4.78 is 0. The van der Waals surface area contributed by atoms with E-state index < -0.39 is 0 Å². The van der Waals surface area contributed by atoms with Crippen molar-refractivity contribution in [2.24, 2.45) is 0 Å². The molecule has 0 aliphatic heterocycles. The maximum absolute atomic E-state index is 3.76. The molecule has 0 saturated carbocycles. The maximum Gasteiger partial charge on any atom is 2.00 e. The smallest absolute Gasteiger partial charge is 0.199 e. The molecule has 92 valence electrons.